The first-order valence-corrected chi connectivity index (χ1v) is 8.47. The van der Waals surface area contributed by atoms with Gasteiger partial charge in [-0.3, -0.25) is 20.3 Å². The lowest BCUT2D eigenvalue weighted by Gasteiger charge is -2.06. The van der Waals surface area contributed by atoms with Gasteiger partial charge in [-0.05, 0) is 24.3 Å². The van der Waals surface area contributed by atoms with Crippen molar-refractivity contribution in [3.8, 4) is 0 Å². The second-order valence-electron chi connectivity index (χ2n) is 5.22. The van der Waals surface area contributed by atoms with Crippen LogP contribution in [-0.2, 0) is 4.79 Å². The Morgan fingerprint density at radius 2 is 1.96 bits per heavy atom. The van der Waals surface area contributed by atoms with Gasteiger partial charge in [0.25, 0.3) is 5.69 Å². The molecule has 1 heterocycles. The number of nitro groups is 1. The van der Waals surface area contributed by atoms with E-state index in [4.69, 9.17) is 10.5 Å². The van der Waals surface area contributed by atoms with Crippen molar-refractivity contribution in [2.45, 2.75) is 0 Å². The fourth-order valence-corrected chi connectivity index (χ4v) is 2.61. The molecule has 3 N–H and O–H groups in total. The maximum absolute atomic E-state index is 12.0. The smallest absolute Gasteiger partial charge is 0.337 e. The SMILES string of the molecule is C=C(SC(=N)/C=C/C(=O)Nc1ccccc1C(=O)O)c1ccc([N+](=O)[O-])cn1. The Bertz CT molecular complexity index is 986. The van der Waals surface area contributed by atoms with E-state index < -0.39 is 16.8 Å². The molecule has 28 heavy (non-hydrogen) atoms. The molecule has 2 aromatic rings. The summed E-state index contributed by atoms with van der Waals surface area (Å²) in [6, 6.07) is 8.64. The van der Waals surface area contributed by atoms with Gasteiger partial charge in [-0.25, -0.2) is 9.78 Å². The monoisotopic (exact) mass is 398 g/mol. The molecular weight excluding hydrogens is 384 g/mol. The molecule has 0 aliphatic carbocycles. The number of benzene rings is 1. The van der Waals surface area contributed by atoms with Crippen LogP contribution in [0.4, 0.5) is 11.4 Å². The van der Waals surface area contributed by atoms with E-state index in [1.54, 1.807) is 12.1 Å². The van der Waals surface area contributed by atoms with Crippen LogP contribution in [0.2, 0.25) is 0 Å². The van der Waals surface area contributed by atoms with E-state index in [2.05, 4.69) is 16.9 Å². The summed E-state index contributed by atoms with van der Waals surface area (Å²) in [6.45, 7) is 3.76. The Morgan fingerprint density at radius 3 is 2.57 bits per heavy atom. The average Bonchev–Trinajstić information content (AvgIpc) is 2.66. The Hall–Kier alpha value is -3.79. The van der Waals surface area contributed by atoms with Crippen molar-refractivity contribution in [3.05, 3.63) is 82.7 Å². The standard InChI is InChI=1S/C18H14N4O5S/c1-11(14-7-6-12(10-20-14)22(26)27)28-16(19)8-9-17(23)21-15-5-3-2-4-13(15)18(24)25/h2-10,19H,1H2,(H,21,23)(H,24,25)/b9-8+,19-16?. The van der Waals surface area contributed by atoms with Gasteiger partial charge in [0.2, 0.25) is 5.91 Å². The highest BCUT2D eigenvalue weighted by atomic mass is 32.2. The fourth-order valence-electron chi connectivity index (χ4n) is 1.98. The molecule has 0 saturated heterocycles. The van der Waals surface area contributed by atoms with Crippen LogP contribution in [0.5, 0.6) is 0 Å². The van der Waals surface area contributed by atoms with Gasteiger partial charge in [0, 0.05) is 17.0 Å². The van der Waals surface area contributed by atoms with Crippen LogP contribution in [0.25, 0.3) is 4.91 Å². The van der Waals surface area contributed by atoms with Crippen LogP contribution >= 0.6 is 11.8 Å². The number of pyridine rings is 1. The lowest BCUT2D eigenvalue weighted by Crippen LogP contribution is -2.12. The molecule has 0 fully saturated rings. The van der Waals surface area contributed by atoms with Gasteiger partial charge in [-0.2, -0.15) is 0 Å². The molecule has 0 radical (unpaired) electrons. The summed E-state index contributed by atoms with van der Waals surface area (Å²) in [4.78, 5) is 37.4. The van der Waals surface area contributed by atoms with Gasteiger partial charge in [0.1, 0.15) is 6.20 Å². The number of aromatic nitrogens is 1. The zero-order chi connectivity index (χ0) is 20.7. The average molecular weight is 398 g/mol. The van der Waals surface area contributed by atoms with Gasteiger partial charge in [0.05, 0.1) is 26.9 Å². The number of hydrogen-bond donors (Lipinski definition) is 3. The molecule has 9 nitrogen and oxygen atoms in total. The third-order valence-electron chi connectivity index (χ3n) is 3.28. The summed E-state index contributed by atoms with van der Waals surface area (Å²) in [6.07, 6.45) is 3.40. The molecule has 1 aromatic carbocycles. The van der Waals surface area contributed by atoms with Crippen LogP contribution in [0.1, 0.15) is 16.1 Å². The van der Waals surface area contributed by atoms with E-state index in [0.29, 0.717) is 10.6 Å². The van der Waals surface area contributed by atoms with E-state index in [0.717, 1.165) is 24.0 Å². The maximum atomic E-state index is 12.0. The number of amides is 1. The van der Waals surface area contributed by atoms with Crippen LogP contribution in [0.3, 0.4) is 0 Å². The predicted molar refractivity (Wildman–Crippen MR) is 106 cm³/mol. The normalized spacial score (nSPS) is 10.4. The highest BCUT2D eigenvalue weighted by molar-refractivity contribution is 8.21. The quantitative estimate of drug-likeness (QED) is 0.212. The van der Waals surface area contributed by atoms with E-state index in [1.807, 2.05) is 0 Å². The largest absolute Gasteiger partial charge is 0.478 e. The van der Waals surface area contributed by atoms with E-state index in [-0.39, 0.29) is 22.0 Å². The predicted octanol–water partition coefficient (Wildman–Crippen LogP) is 3.56. The first kappa shape index (κ1) is 20.5. The first-order chi connectivity index (χ1) is 13.3. The Labute approximate surface area is 163 Å². The topological polar surface area (TPSA) is 146 Å². The minimum Gasteiger partial charge on any atom is -0.478 e. The third kappa shape index (κ3) is 5.61. The number of carboxylic acid groups (broad SMARTS) is 1. The van der Waals surface area contributed by atoms with E-state index in [1.165, 1.54) is 30.3 Å². The fraction of sp³-hybridized carbons (Fsp3) is 0. The molecule has 1 aromatic heterocycles. The summed E-state index contributed by atoms with van der Waals surface area (Å²) in [7, 11) is 0. The Kier molecular flexibility index (Phi) is 6.77. The van der Waals surface area contributed by atoms with Crippen molar-refractivity contribution in [2.24, 2.45) is 0 Å². The van der Waals surface area contributed by atoms with Crippen molar-refractivity contribution < 1.29 is 19.6 Å². The van der Waals surface area contributed by atoms with Crippen LogP contribution in [0, 0.1) is 15.5 Å². The van der Waals surface area contributed by atoms with Gasteiger partial charge >= 0.3 is 5.97 Å². The molecule has 0 spiro atoms. The molecule has 142 valence electrons. The van der Waals surface area contributed by atoms with Gasteiger partial charge in [-0.1, -0.05) is 30.5 Å². The van der Waals surface area contributed by atoms with Gasteiger partial charge in [-0.15, -0.1) is 0 Å². The minimum atomic E-state index is -1.17. The number of para-hydroxylation sites is 1. The van der Waals surface area contributed by atoms with Gasteiger partial charge < -0.3 is 10.4 Å². The number of hydrogen-bond acceptors (Lipinski definition) is 7. The summed E-state index contributed by atoms with van der Waals surface area (Å²) < 4.78 is 0. The van der Waals surface area contributed by atoms with Crippen molar-refractivity contribution >= 4 is 45.0 Å². The number of carbonyl (C=O) groups excluding carboxylic acids is 1. The van der Waals surface area contributed by atoms with Crippen molar-refractivity contribution in [1.29, 1.82) is 5.41 Å². The summed E-state index contributed by atoms with van der Waals surface area (Å²) >= 11 is 0.919. The molecule has 0 aliphatic heterocycles. The number of nitrogens with one attached hydrogen (secondary N) is 2. The van der Waals surface area contributed by atoms with Gasteiger partial charge in [0.15, 0.2) is 0 Å². The Morgan fingerprint density at radius 1 is 1.25 bits per heavy atom. The highest BCUT2D eigenvalue weighted by Crippen LogP contribution is 2.26. The molecular formula is C18H14N4O5S. The lowest BCUT2D eigenvalue weighted by atomic mass is 10.2. The molecule has 0 unspecified atom stereocenters. The van der Waals surface area contributed by atoms with E-state index >= 15 is 0 Å². The van der Waals surface area contributed by atoms with Crippen LogP contribution in [0.15, 0.2) is 61.3 Å². The molecule has 0 saturated carbocycles. The highest BCUT2D eigenvalue weighted by Gasteiger charge is 2.11. The van der Waals surface area contributed by atoms with Crippen molar-refractivity contribution in [3.63, 3.8) is 0 Å². The molecule has 1 amide bonds. The molecule has 10 heteroatoms. The molecule has 0 bridgehead atoms. The van der Waals surface area contributed by atoms with Crippen molar-refractivity contribution in [2.75, 3.05) is 5.32 Å². The number of anilines is 1. The van der Waals surface area contributed by atoms with Crippen LogP contribution in [-0.4, -0.2) is 31.9 Å². The van der Waals surface area contributed by atoms with E-state index in [9.17, 15) is 19.7 Å². The number of rotatable bonds is 7. The first-order valence-electron chi connectivity index (χ1n) is 7.65. The number of carboxylic acids is 1. The summed E-state index contributed by atoms with van der Waals surface area (Å²) in [5.74, 6) is -1.77. The minimum absolute atomic E-state index is 0.0215. The van der Waals surface area contributed by atoms with Crippen LogP contribution < -0.4 is 5.32 Å². The lowest BCUT2D eigenvalue weighted by molar-refractivity contribution is -0.385. The zero-order valence-corrected chi connectivity index (χ0v) is 15.1. The number of thioether (sulfide) groups is 1. The Balaban J connectivity index is 1.96. The number of nitrogens with zero attached hydrogens (tertiary/aromatic N) is 2. The number of aromatic carboxylic acids is 1. The summed E-state index contributed by atoms with van der Waals surface area (Å²) in [5.41, 5.74) is 0.304. The van der Waals surface area contributed by atoms with Crippen molar-refractivity contribution in [1.82, 2.24) is 4.98 Å². The molecule has 0 atom stereocenters. The zero-order valence-electron chi connectivity index (χ0n) is 14.3. The maximum Gasteiger partial charge on any atom is 0.337 e. The molecule has 2 rings (SSSR count). The number of carbonyl (C=O) groups is 2. The second kappa shape index (κ2) is 9.24. The second-order valence-corrected chi connectivity index (χ2v) is 6.36. The third-order valence-corrected chi connectivity index (χ3v) is 4.09. The molecule has 0 aliphatic rings. The summed E-state index contributed by atoms with van der Waals surface area (Å²) in [5, 5.41) is 30.0.